The minimum Gasteiger partial charge on any atom is -0.376 e. The van der Waals surface area contributed by atoms with E-state index in [0.29, 0.717) is 6.42 Å². The molecule has 0 aromatic heterocycles. The van der Waals surface area contributed by atoms with Gasteiger partial charge < -0.3 is 20.7 Å². The fourth-order valence-electron chi connectivity index (χ4n) is 3.29. The maximum atomic E-state index is 12.2. The number of hydrogen-bond acceptors (Lipinski definition) is 3. The smallest absolute Gasteiger partial charge is 0.315 e. The van der Waals surface area contributed by atoms with Gasteiger partial charge in [-0.3, -0.25) is 4.79 Å². The Morgan fingerprint density at radius 3 is 2.88 bits per heavy atom. The number of hydrogen-bond donors (Lipinski definition) is 3. The molecule has 24 heavy (non-hydrogen) atoms. The summed E-state index contributed by atoms with van der Waals surface area (Å²) in [5.41, 5.74) is 3.03. The summed E-state index contributed by atoms with van der Waals surface area (Å²) in [6.07, 6.45) is 3.41. The third-order valence-corrected chi connectivity index (χ3v) is 4.75. The van der Waals surface area contributed by atoms with Crippen molar-refractivity contribution in [1.82, 2.24) is 10.6 Å². The van der Waals surface area contributed by atoms with E-state index in [1.807, 2.05) is 26.0 Å². The number of carbonyl (C=O) groups is 2. The first kappa shape index (κ1) is 16.8. The highest BCUT2D eigenvalue weighted by Gasteiger charge is 2.24. The Hall–Kier alpha value is -2.08. The minimum absolute atomic E-state index is 0.00144. The van der Waals surface area contributed by atoms with Gasteiger partial charge in [-0.15, -0.1) is 0 Å². The fourth-order valence-corrected chi connectivity index (χ4v) is 3.29. The summed E-state index contributed by atoms with van der Waals surface area (Å²) in [4.78, 5) is 23.6. The molecule has 3 amide bonds. The number of carbonyl (C=O) groups excluding carboxylic acids is 2. The Balaban J connectivity index is 1.57. The summed E-state index contributed by atoms with van der Waals surface area (Å²) in [6.45, 7) is 4.71. The zero-order valence-corrected chi connectivity index (χ0v) is 14.2. The molecule has 3 atom stereocenters. The Labute approximate surface area is 142 Å². The summed E-state index contributed by atoms with van der Waals surface area (Å²) < 4.78 is 5.60. The second-order valence-electron chi connectivity index (χ2n) is 6.64. The summed E-state index contributed by atoms with van der Waals surface area (Å²) in [6, 6.07) is 5.62. The van der Waals surface area contributed by atoms with E-state index in [1.165, 1.54) is 0 Å². The lowest BCUT2D eigenvalue weighted by molar-refractivity contribution is -0.116. The first-order chi connectivity index (χ1) is 11.5. The highest BCUT2D eigenvalue weighted by molar-refractivity contribution is 5.93. The van der Waals surface area contributed by atoms with Crippen LogP contribution in [0.4, 0.5) is 10.5 Å². The second-order valence-corrected chi connectivity index (χ2v) is 6.64. The predicted octanol–water partition coefficient (Wildman–Crippen LogP) is 2.50. The van der Waals surface area contributed by atoms with Crippen LogP contribution in [0.25, 0.3) is 0 Å². The lowest BCUT2D eigenvalue weighted by atomic mass is 9.98. The zero-order chi connectivity index (χ0) is 17.1. The van der Waals surface area contributed by atoms with Crippen molar-refractivity contribution in [3.63, 3.8) is 0 Å². The number of urea groups is 1. The number of fused-ring (bicyclic) bond motifs is 1. The molecule has 2 aliphatic rings. The molecule has 2 heterocycles. The first-order valence-electron chi connectivity index (χ1n) is 8.64. The van der Waals surface area contributed by atoms with Gasteiger partial charge in [0.1, 0.15) is 0 Å². The average molecular weight is 331 g/mol. The van der Waals surface area contributed by atoms with E-state index >= 15 is 0 Å². The van der Waals surface area contributed by atoms with Gasteiger partial charge in [0.15, 0.2) is 0 Å². The van der Waals surface area contributed by atoms with Crippen molar-refractivity contribution < 1.29 is 14.3 Å². The molecule has 0 spiro atoms. The van der Waals surface area contributed by atoms with Crippen LogP contribution in [-0.4, -0.2) is 30.7 Å². The van der Waals surface area contributed by atoms with Crippen molar-refractivity contribution in [2.24, 2.45) is 0 Å². The van der Waals surface area contributed by atoms with Crippen molar-refractivity contribution in [3.05, 3.63) is 29.3 Å². The monoisotopic (exact) mass is 331 g/mol. The van der Waals surface area contributed by atoms with Gasteiger partial charge >= 0.3 is 6.03 Å². The fraction of sp³-hybridized carbons (Fsp3) is 0.556. The largest absolute Gasteiger partial charge is 0.376 e. The summed E-state index contributed by atoms with van der Waals surface area (Å²) in [5.74, 6) is 0.0592. The van der Waals surface area contributed by atoms with Crippen molar-refractivity contribution in [2.75, 3.05) is 11.9 Å². The van der Waals surface area contributed by atoms with Crippen LogP contribution in [0.2, 0.25) is 0 Å². The Morgan fingerprint density at radius 2 is 2.12 bits per heavy atom. The molecule has 3 N–H and O–H groups in total. The van der Waals surface area contributed by atoms with Gasteiger partial charge in [0.2, 0.25) is 5.91 Å². The molecule has 0 aliphatic carbocycles. The van der Waals surface area contributed by atoms with Gasteiger partial charge in [-0.05, 0) is 50.3 Å². The van der Waals surface area contributed by atoms with E-state index in [2.05, 4.69) is 22.0 Å². The predicted molar refractivity (Wildman–Crippen MR) is 91.9 cm³/mol. The Morgan fingerprint density at radius 1 is 1.29 bits per heavy atom. The second kappa shape index (κ2) is 7.21. The maximum absolute atomic E-state index is 12.2. The van der Waals surface area contributed by atoms with Crippen LogP contribution in [0, 0.1) is 0 Å². The number of rotatable bonds is 4. The quantitative estimate of drug-likeness (QED) is 0.793. The molecule has 0 saturated carbocycles. The molecular weight excluding hydrogens is 306 g/mol. The van der Waals surface area contributed by atoms with Crippen LogP contribution >= 0.6 is 0 Å². The highest BCUT2D eigenvalue weighted by Crippen LogP contribution is 2.26. The molecule has 1 aromatic carbocycles. The number of benzene rings is 1. The molecule has 0 unspecified atom stereocenters. The van der Waals surface area contributed by atoms with E-state index < -0.39 is 0 Å². The van der Waals surface area contributed by atoms with Crippen LogP contribution < -0.4 is 16.0 Å². The highest BCUT2D eigenvalue weighted by atomic mass is 16.5. The summed E-state index contributed by atoms with van der Waals surface area (Å²) in [5, 5.41) is 8.80. The molecule has 130 valence electrons. The van der Waals surface area contributed by atoms with E-state index in [-0.39, 0.29) is 30.1 Å². The third-order valence-electron chi connectivity index (χ3n) is 4.75. The molecule has 1 saturated heterocycles. The number of anilines is 1. The number of nitrogens with one attached hydrogen (secondary N) is 3. The Kier molecular flexibility index (Phi) is 5.04. The summed E-state index contributed by atoms with van der Waals surface area (Å²) >= 11 is 0. The van der Waals surface area contributed by atoms with Gasteiger partial charge in [0, 0.05) is 18.7 Å². The lowest BCUT2D eigenvalue weighted by Crippen LogP contribution is -2.46. The molecule has 2 aliphatic heterocycles. The van der Waals surface area contributed by atoms with Gasteiger partial charge in [0.05, 0.1) is 18.2 Å². The lowest BCUT2D eigenvalue weighted by Gasteiger charge is -2.23. The SMILES string of the molecule is C[C@H](NC(=O)N[C@H](C)[C@@H]1CCCO1)c1ccc2c(c1)CCC(=O)N2. The van der Waals surface area contributed by atoms with E-state index in [4.69, 9.17) is 4.74 Å². The topological polar surface area (TPSA) is 79.5 Å². The van der Waals surface area contributed by atoms with Crippen LogP contribution in [-0.2, 0) is 16.0 Å². The molecule has 0 bridgehead atoms. The molecule has 0 radical (unpaired) electrons. The summed E-state index contributed by atoms with van der Waals surface area (Å²) in [7, 11) is 0. The van der Waals surface area contributed by atoms with Crippen LogP contribution in [0.1, 0.15) is 50.3 Å². The molecule has 1 fully saturated rings. The first-order valence-corrected chi connectivity index (χ1v) is 8.64. The van der Waals surface area contributed by atoms with Crippen molar-refractivity contribution in [3.8, 4) is 0 Å². The van der Waals surface area contributed by atoms with Crippen molar-refractivity contribution in [1.29, 1.82) is 0 Å². The third kappa shape index (κ3) is 3.87. The Bertz CT molecular complexity index is 626. The normalized spacial score (nSPS) is 22.2. The molecule has 3 rings (SSSR count). The number of aryl methyl sites for hydroxylation is 1. The zero-order valence-electron chi connectivity index (χ0n) is 14.2. The number of amides is 3. The van der Waals surface area contributed by atoms with Gasteiger partial charge in [-0.1, -0.05) is 12.1 Å². The van der Waals surface area contributed by atoms with Crippen LogP contribution in [0.15, 0.2) is 18.2 Å². The van der Waals surface area contributed by atoms with Gasteiger partial charge in [-0.25, -0.2) is 4.79 Å². The van der Waals surface area contributed by atoms with Crippen LogP contribution in [0.3, 0.4) is 0 Å². The van der Waals surface area contributed by atoms with Gasteiger partial charge in [0.25, 0.3) is 0 Å². The molecule has 6 heteroatoms. The van der Waals surface area contributed by atoms with E-state index in [0.717, 1.165) is 42.7 Å². The van der Waals surface area contributed by atoms with Crippen molar-refractivity contribution >= 4 is 17.6 Å². The molecule has 1 aromatic rings. The average Bonchev–Trinajstić information content (AvgIpc) is 3.08. The molecular formula is C18H25N3O3. The molecule has 6 nitrogen and oxygen atoms in total. The van der Waals surface area contributed by atoms with Crippen molar-refractivity contribution in [2.45, 2.75) is 57.7 Å². The van der Waals surface area contributed by atoms with Gasteiger partial charge in [-0.2, -0.15) is 0 Å². The maximum Gasteiger partial charge on any atom is 0.315 e. The number of ether oxygens (including phenoxy) is 1. The van der Waals surface area contributed by atoms with E-state index in [9.17, 15) is 9.59 Å². The standard InChI is InChI=1S/C18H25N3O3/c1-11(19-18(23)20-12(2)16-4-3-9-24-16)13-5-7-15-14(10-13)6-8-17(22)21-15/h5,7,10-12,16H,3-4,6,8-9H2,1-2H3,(H,21,22)(H2,19,20,23)/t11-,12+,16-/m0/s1. The van der Waals surface area contributed by atoms with E-state index in [1.54, 1.807) is 0 Å². The van der Waals surface area contributed by atoms with Crippen LogP contribution in [0.5, 0.6) is 0 Å². The minimum atomic E-state index is -0.184.